The molecule has 4 heteroatoms. The Bertz CT molecular complexity index is 388. The standard InChI is InChI=1S/C16H27NO3/c1-5-10-19-14-8-6-7-9-15(14)20-12-13(18)11-17-16(2,3)4/h6-9,13,17-18H,5,10-12H2,1-4H3. The van der Waals surface area contributed by atoms with Crippen LogP contribution in [0, 0.1) is 0 Å². The van der Waals surface area contributed by atoms with E-state index in [4.69, 9.17) is 9.47 Å². The van der Waals surface area contributed by atoms with Crippen molar-refractivity contribution in [3.8, 4) is 11.5 Å². The maximum Gasteiger partial charge on any atom is 0.161 e. The second kappa shape index (κ2) is 8.12. The van der Waals surface area contributed by atoms with Crippen LogP contribution >= 0.6 is 0 Å². The van der Waals surface area contributed by atoms with Crippen molar-refractivity contribution in [2.45, 2.75) is 45.8 Å². The van der Waals surface area contributed by atoms with Crippen LogP contribution in [0.5, 0.6) is 11.5 Å². The van der Waals surface area contributed by atoms with Gasteiger partial charge in [-0.05, 0) is 39.3 Å². The molecule has 0 heterocycles. The van der Waals surface area contributed by atoms with Gasteiger partial charge in [0.25, 0.3) is 0 Å². The smallest absolute Gasteiger partial charge is 0.161 e. The van der Waals surface area contributed by atoms with Crippen molar-refractivity contribution in [2.75, 3.05) is 19.8 Å². The molecular weight excluding hydrogens is 254 g/mol. The number of β-amino-alcohol motifs (C(OH)–C–C–N with tert-alkyl or cyclic N) is 1. The molecule has 0 aliphatic rings. The zero-order valence-electron chi connectivity index (χ0n) is 13.0. The number of para-hydroxylation sites is 2. The lowest BCUT2D eigenvalue weighted by Gasteiger charge is -2.23. The van der Waals surface area contributed by atoms with E-state index in [2.05, 4.69) is 33.0 Å². The second-order valence-corrected chi connectivity index (χ2v) is 5.89. The zero-order chi connectivity index (χ0) is 15.0. The Labute approximate surface area is 122 Å². The number of ether oxygens (including phenoxy) is 2. The van der Waals surface area contributed by atoms with Crippen LogP contribution in [-0.4, -0.2) is 36.5 Å². The normalized spacial score (nSPS) is 13.1. The molecule has 0 saturated carbocycles. The number of aliphatic hydroxyl groups excluding tert-OH is 1. The summed E-state index contributed by atoms with van der Waals surface area (Å²) in [6, 6.07) is 7.54. The molecule has 4 nitrogen and oxygen atoms in total. The first-order valence-corrected chi connectivity index (χ1v) is 7.20. The molecule has 0 aliphatic carbocycles. The fraction of sp³-hybridized carbons (Fsp3) is 0.625. The molecule has 0 radical (unpaired) electrons. The third kappa shape index (κ3) is 6.78. The topological polar surface area (TPSA) is 50.7 Å². The summed E-state index contributed by atoms with van der Waals surface area (Å²) in [5.74, 6) is 1.40. The lowest BCUT2D eigenvalue weighted by Crippen LogP contribution is -2.42. The molecule has 0 bridgehead atoms. The van der Waals surface area contributed by atoms with Gasteiger partial charge in [-0.1, -0.05) is 19.1 Å². The lowest BCUT2D eigenvalue weighted by atomic mass is 10.1. The summed E-state index contributed by atoms with van der Waals surface area (Å²) >= 11 is 0. The van der Waals surface area contributed by atoms with Crippen LogP contribution < -0.4 is 14.8 Å². The minimum atomic E-state index is -0.548. The SMILES string of the molecule is CCCOc1ccccc1OCC(O)CNC(C)(C)C. The Kier molecular flexibility index (Phi) is 6.82. The average molecular weight is 281 g/mol. The van der Waals surface area contributed by atoms with Crippen molar-refractivity contribution in [1.29, 1.82) is 0 Å². The number of hydrogen-bond acceptors (Lipinski definition) is 4. The largest absolute Gasteiger partial charge is 0.490 e. The molecule has 1 aromatic carbocycles. The van der Waals surface area contributed by atoms with Crippen molar-refractivity contribution < 1.29 is 14.6 Å². The molecule has 2 N–H and O–H groups in total. The molecule has 0 aromatic heterocycles. The summed E-state index contributed by atoms with van der Waals surface area (Å²) < 4.78 is 11.3. The van der Waals surface area contributed by atoms with E-state index >= 15 is 0 Å². The van der Waals surface area contributed by atoms with E-state index in [1.807, 2.05) is 24.3 Å². The number of rotatable bonds is 8. The Balaban J connectivity index is 2.44. The Morgan fingerprint density at radius 1 is 1.15 bits per heavy atom. The van der Waals surface area contributed by atoms with Gasteiger partial charge < -0.3 is 19.9 Å². The molecule has 1 aromatic rings. The molecule has 0 saturated heterocycles. The predicted molar refractivity (Wildman–Crippen MR) is 81.5 cm³/mol. The number of nitrogens with one attached hydrogen (secondary N) is 1. The van der Waals surface area contributed by atoms with Gasteiger partial charge in [-0.15, -0.1) is 0 Å². The zero-order valence-corrected chi connectivity index (χ0v) is 13.0. The molecule has 1 unspecified atom stereocenters. The van der Waals surface area contributed by atoms with Gasteiger partial charge in [0.1, 0.15) is 12.7 Å². The van der Waals surface area contributed by atoms with Gasteiger partial charge in [-0.3, -0.25) is 0 Å². The summed E-state index contributed by atoms with van der Waals surface area (Å²) in [4.78, 5) is 0. The highest BCUT2D eigenvalue weighted by atomic mass is 16.5. The predicted octanol–water partition coefficient (Wildman–Crippen LogP) is 2.60. The quantitative estimate of drug-likeness (QED) is 0.769. The van der Waals surface area contributed by atoms with E-state index < -0.39 is 6.10 Å². The number of benzene rings is 1. The summed E-state index contributed by atoms with van der Waals surface area (Å²) in [6.45, 7) is 9.66. The van der Waals surface area contributed by atoms with Crippen molar-refractivity contribution in [1.82, 2.24) is 5.32 Å². The van der Waals surface area contributed by atoms with Gasteiger partial charge in [0.15, 0.2) is 11.5 Å². The molecule has 1 rings (SSSR count). The molecule has 0 amide bonds. The first kappa shape index (κ1) is 16.8. The molecule has 1 atom stereocenters. The maximum atomic E-state index is 9.91. The van der Waals surface area contributed by atoms with Crippen LogP contribution in [0.15, 0.2) is 24.3 Å². The average Bonchev–Trinajstić information content (AvgIpc) is 2.40. The van der Waals surface area contributed by atoms with Crippen LogP contribution in [0.4, 0.5) is 0 Å². The third-order valence-corrected chi connectivity index (χ3v) is 2.61. The van der Waals surface area contributed by atoms with Gasteiger partial charge in [0.2, 0.25) is 0 Å². The molecule has 20 heavy (non-hydrogen) atoms. The lowest BCUT2D eigenvalue weighted by molar-refractivity contribution is 0.0979. The van der Waals surface area contributed by atoms with Gasteiger partial charge >= 0.3 is 0 Å². The van der Waals surface area contributed by atoms with E-state index in [1.54, 1.807) is 0 Å². The summed E-state index contributed by atoms with van der Waals surface area (Å²) in [7, 11) is 0. The summed E-state index contributed by atoms with van der Waals surface area (Å²) in [6.07, 6.45) is 0.403. The third-order valence-electron chi connectivity index (χ3n) is 2.61. The van der Waals surface area contributed by atoms with E-state index in [9.17, 15) is 5.11 Å². The Morgan fingerprint density at radius 2 is 1.75 bits per heavy atom. The number of hydrogen-bond donors (Lipinski definition) is 2. The van der Waals surface area contributed by atoms with Crippen molar-refractivity contribution in [3.05, 3.63) is 24.3 Å². The van der Waals surface area contributed by atoms with Crippen LogP contribution in [-0.2, 0) is 0 Å². The summed E-state index contributed by atoms with van der Waals surface area (Å²) in [5, 5.41) is 13.2. The second-order valence-electron chi connectivity index (χ2n) is 5.89. The molecule has 114 valence electrons. The fourth-order valence-corrected chi connectivity index (χ4v) is 1.57. The highest BCUT2D eigenvalue weighted by Gasteiger charge is 2.13. The van der Waals surface area contributed by atoms with E-state index in [-0.39, 0.29) is 12.1 Å². The van der Waals surface area contributed by atoms with Crippen LogP contribution in [0.25, 0.3) is 0 Å². The van der Waals surface area contributed by atoms with Crippen LogP contribution in [0.2, 0.25) is 0 Å². The molecule has 0 aliphatic heterocycles. The molecule has 0 fully saturated rings. The van der Waals surface area contributed by atoms with Gasteiger partial charge in [0.05, 0.1) is 6.61 Å². The van der Waals surface area contributed by atoms with Crippen molar-refractivity contribution >= 4 is 0 Å². The Hall–Kier alpha value is -1.26. The van der Waals surface area contributed by atoms with E-state index in [0.717, 1.165) is 12.2 Å². The number of aliphatic hydroxyl groups is 1. The maximum absolute atomic E-state index is 9.91. The van der Waals surface area contributed by atoms with Crippen molar-refractivity contribution in [3.63, 3.8) is 0 Å². The molecule has 0 spiro atoms. The van der Waals surface area contributed by atoms with Gasteiger partial charge in [-0.25, -0.2) is 0 Å². The highest BCUT2D eigenvalue weighted by Crippen LogP contribution is 2.26. The first-order chi connectivity index (χ1) is 9.42. The van der Waals surface area contributed by atoms with E-state index in [0.29, 0.717) is 18.9 Å². The Morgan fingerprint density at radius 3 is 2.30 bits per heavy atom. The monoisotopic (exact) mass is 281 g/mol. The molecular formula is C16H27NO3. The van der Waals surface area contributed by atoms with Crippen LogP contribution in [0.3, 0.4) is 0 Å². The minimum Gasteiger partial charge on any atom is -0.490 e. The van der Waals surface area contributed by atoms with E-state index in [1.165, 1.54) is 0 Å². The first-order valence-electron chi connectivity index (χ1n) is 7.20. The summed E-state index contributed by atoms with van der Waals surface area (Å²) in [5.41, 5.74) is -0.0108. The fourth-order valence-electron chi connectivity index (χ4n) is 1.57. The van der Waals surface area contributed by atoms with Gasteiger partial charge in [-0.2, -0.15) is 0 Å². The minimum absolute atomic E-state index is 0.0108. The highest BCUT2D eigenvalue weighted by molar-refractivity contribution is 5.39. The van der Waals surface area contributed by atoms with Gasteiger partial charge in [0, 0.05) is 12.1 Å². The van der Waals surface area contributed by atoms with Crippen LogP contribution in [0.1, 0.15) is 34.1 Å². The van der Waals surface area contributed by atoms with Crippen molar-refractivity contribution in [2.24, 2.45) is 0 Å².